The third-order valence-corrected chi connectivity index (χ3v) is 4.02. The number of rotatable bonds is 3. The predicted octanol–water partition coefficient (Wildman–Crippen LogP) is 2.12. The summed E-state index contributed by atoms with van der Waals surface area (Å²) in [4.78, 5) is 13.8. The van der Waals surface area contributed by atoms with Crippen molar-refractivity contribution in [2.24, 2.45) is 17.8 Å². The van der Waals surface area contributed by atoms with Gasteiger partial charge in [-0.3, -0.25) is 4.79 Å². The standard InChI is InChI=1S/C11H18ClNO/c1-13(5-4-12)11(14)10-7-8-2-3-9(10)6-8/h8-10H,2-7H2,1H3. The van der Waals surface area contributed by atoms with Gasteiger partial charge < -0.3 is 4.90 Å². The Morgan fingerprint density at radius 1 is 1.43 bits per heavy atom. The van der Waals surface area contributed by atoms with Crippen molar-refractivity contribution < 1.29 is 4.79 Å². The molecule has 0 N–H and O–H groups in total. The van der Waals surface area contributed by atoms with Crippen LogP contribution >= 0.6 is 11.6 Å². The van der Waals surface area contributed by atoms with Crippen LogP contribution < -0.4 is 0 Å². The number of hydrogen-bond acceptors (Lipinski definition) is 1. The second kappa shape index (κ2) is 4.09. The van der Waals surface area contributed by atoms with Gasteiger partial charge in [0.25, 0.3) is 0 Å². The molecule has 0 aliphatic heterocycles. The molecular weight excluding hydrogens is 198 g/mol. The van der Waals surface area contributed by atoms with Crippen LogP contribution in [0.2, 0.25) is 0 Å². The normalized spacial score (nSPS) is 34.9. The topological polar surface area (TPSA) is 20.3 Å². The lowest BCUT2D eigenvalue weighted by atomic mass is 9.88. The van der Waals surface area contributed by atoms with E-state index in [0.717, 1.165) is 12.3 Å². The number of halogens is 1. The SMILES string of the molecule is CN(CCCl)C(=O)C1CC2CCC1C2. The van der Waals surface area contributed by atoms with Crippen molar-refractivity contribution in [1.29, 1.82) is 0 Å². The van der Waals surface area contributed by atoms with Crippen LogP contribution in [0.4, 0.5) is 0 Å². The van der Waals surface area contributed by atoms with Gasteiger partial charge in [-0.25, -0.2) is 0 Å². The summed E-state index contributed by atoms with van der Waals surface area (Å²) < 4.78 is 0. The van der Waals surface area contributed by atoms with Gasteiger partial charge in [0.15, 0.2) is 0 Å². The highest BCUT2D eigenvalue weighted by molar-refractivity contribution is 6.18. The second-order valence-electron chi connectivity index (χ2n) is 4.73. The molecule has 3 unspecified atom stereocenters. The Labute approximate surface area is 90.6 Å². The maximum absolute atomic E-state index is 12.0. The molecule has 3 atom stereocenters. The van der Waals surface area contributed by atoms with Crippen molar-refractivity contribution in [3.05, 3.63) is 0 Å². The Hall–Kier alpha value is -0.240. The van der Waals surface area contributed by atoms with Gasteiger partial charge in [-0.1, -0.05) is 6.42 Å². The highest BCUT2D eigenvalue weighted by Crippen LogP contribution is 2.48. The Balaban J connectivity index is 1.92. The Morgan fingerprint density at radius 2 is 2.21 bits per heavy atom. The number of amides is 1. The fourth-order valence-electron chi connectivity index (χ4n) is 3.07. The lowest BCUT2D eigenvalue weighted by Crippen LogP contribution is -2.36. The molecule has 1 amide bonds. The van der Waals surface area contributed by atoms with Gasteiger partial charge in [0.05, 0.1) is 0 Å². The number of nitrogens with zero attached hydrogens (tertiary/aromatic N) is 1. The third kappa shape index (κ3) is 1.77. The molecule has 3 heteroatoms. The minimum Gasteiger partial charge on any atom is -0.344 e. The van der Waals surface area contributed by atoms with E-state index in [1.165, 1.54) is 19.3 Å². The quantitative estimate of drug-likeness (QED) is 0.661. The predicted molar refractivity (Wildman–Crippen MR) is 57.3 cm³/mol. The molecule has 0 radical (unpaired) electrons. The summed E-state index contributed by atoms with van der Waals surface area (Å²) in [6.45, 7) is 0.689. The van der Waals surface area contributed by atoms with Gasteiger partial charge in [-0.05, 0) is 31.1 Å². The van der Waals surface area contributed by atoms with Crippen molar-refractivity contribution in [2.45, 2.75) is 25.7 Å². The summed E-state index contributed by atoms with van der Waals surface area (Å²) in [5, 5.41) is 0. The molecule has 0 spiro atoms. The van der Waals surface area contributed by atoms with Gasteiger partial charge in [0, 0.05) is 25.4 Å². The van der Waals surface area contributed by atoms with Crippen LogP contribution in [0.1, 0.15) is 25.7 Å². The first-order valence-corrected chi connectivity index (χ1v) is 6.06. The van der Waals surface area contributed by atoms with Crippen LogP contribution in [0.5, 0.6) is 0 Å². The zero-order chi connectivity index (χ0) is 10.1. The molecule has 0 heterocycles. The van der Waals surface area contributed by atoms with Crippen molar-refractivity contribution >= 4 is 17.5 Å². The van der Waals surface area contributed by atoms with Crippen LogP contribution in [0.3, 0.4) is 0 Å². The summed E-state index contributed by atoms with van der Waals surface area (Å²) in [6, 6.07) is 0. The number of hydrogen-bond donors (Lipinski definition) is 0. The van der Waals surface area contributed by atoms with Gasteiger partial charge >= 0.3 is 0 Å². The van der Waals surface area contributed by atoms with Crippen LogP contribution in [0.15, 0.2) is 0 Å². The van der Waals surface area contributed by atoms with Gasteiger partial charge in [0.1, 0.15) is 0 Å². The third-order valence-electron chi connectivity index (χ3n) is 3.85. The number of fused-ring (bicyclic) bond motifs is 2. The van der Waals surface area contributed by atoms with E-state index in [0.29, 0.717) is 30.2 Å². The van der Waals surface area contributed by atoms with E-state index in [1.807, 2.05) is 7.05 Å². The fourth-order valence-corrected chi connectivity index (χ4v) is 3.32. The van der Waals surface area contributed by atoms with Gasteiger partial charge in [0.2, 0.25) is 5.91 Å². The molecule has 0 aromatic carbocycles. The van der Waals surface area contributed by atoms with E-state index >= 15 is 0 Å². The van der Waals surface area contributed by atoms with E-state index in [4.69, 9.17) is 11.6 Å². The molecule has 0 saturated heterocycles. The zero-order valence-electron chi connectivity index (χ0n) is 8.71. The average Bonchev–Trinajstić information content (AvgIpc) is 2.77. The first-order valence-electron chi connectivity index (χ1n) is 5.53. The summed E-state index contributed by atoms with van der Waals surface area (Å²) in [6.07, 6.45) is 5.06. The molecular formula is C11H18ClNO. The average molecular weight is 216 g/mol. The van der Waals surface area contributed by atoms with E-state index in [1.54, 1.807) is 4.90 Å². The highest BCUT2D eigenvalue weighted by atomic mass is 35.5. The van der Waals surface area contributed by atoms with Crippen molar-refractivity contribution in [3.63, 3.8) is 0 Å². The molecule has 2 aliphatic carbocycles. The molecule has 14 heavy (non-hydrogen) atoms. The molecule has 0 aromatic heterocycles. The molecule has 0 aromatic rings. The molecule has 2 bridgehead atoms. The molecule has 2 saturated carbocycles. The summed E-state index contributed by atoms with van der Waals surface area (Å²) in [7, 11) is 1.87. The van der Waals surface area contributed by atoms with E-state index in [-0.39, 0.29) is 0 Å². The molecule has 80 valence electrons. The smallest absolute Gasteiger partial charge is 0.225 e. The minimum atomic E-state index is 0.321. The van der Waals surface area contributed by atoms with Crippen LogP contribution in [-0.2, 0) is 4.79 Å². The lowest BCUT2D eigenvalue weighted by Gasteiger charge is -2.25. The van der Waals surface area contributed by atoms with Crippen molar-refractivity contribution in [1.82, 2.24) is 4.90 Å². The molecule has 2 nitrogen and oxygen atoms in total. The Kier molecular flexibility index (Phi) is 3.01. The maximum Gasteiger partial charge on any atom is 0.225 e. The van der Waals surface area contributed by atoms with E-state index in [9.17, 15) is 4.79 Å². The van der Waals surface area contributed by atoms with E-state index in [2.05, 4.69) is 0 Å². The number of alkyl halides is 1. The fraction of sp³-hybridized carbons (Fsp3) is 0.909. The second-order valence-corrected chi connectivity index (χ2v) is 5.11. The van der Waals surface area contributed by atoms with Crippen molar-refractivity contribution in [3.8, 4) is 0 Å². The molecule has 2 fully saturated rings. The Bertz CT molecular complexity index is 231. The monoisotopic (exact) mass is 215 g/mol. The number of carbonyl (C=O) groups excluding carboxylic acids is 1. The van der Waals surface area contributed by atoms with Crippen LogP contribution in [-0.4, -0.2) is 30.3 Å². The first-order chi connectivity index (χ1) is 6.72. The number of carbonyl (C=O) groups is 1. The molecule has 2 rings (SSSR count). The lowest BCUT2D eigenvalue weighted by molar-refractivity contribution is -0.135. The molecule has 2 aliphatic rings. The van der Waals surface area contributed by atoms with Crippen molar-refractivity contribution in [2.75, 3.05) is 19.5 Å². The minimum absolute atomic E-state index is 0.321. The first kappa shape index (κ1) is 10.3. The zero-order valence-corrected chi connectivity index (χ0v) is 9.46. The summed E-state index contributed by atoms with van der Waals surface area (Å²) in [5.74, 6) is 2.73. The van der Waals surface area contributed by atoms with E-state index < -0.39 is 0 Å². The summed E-state index contributed by atoms with van der Waals surface area (Å²) >= 11 is 5.63. The van der Waals surface area contributed by atoms with Crippen LogP contribution in [0.25, 0.3) is 0 Å². The largest absolute Gasteiger partial charge is 0.344 e. The maximum atomic E-state index is 12.0. The summed E-state index contributed by atoms with van der Waals surface area (Å²) in [5.41, 5.74) is 0. The Morgan fingerprint density at radius 3 is 2.71 bits per heavy atom. The van der Waals surface area contributed by atoms with Gasteiger partial charge in [-0.2, -0.15) is 0 Å². The van der Waals surface area contributed by atoms with Crippen LogP contribution in [0, 0.1) is 17.8 Å². The van der Waals surface area contributed by atoms with Gasteiger partial charge in [-0.15, -0.1) is 11.6 Å². The highest BCUT2D eigenvalue weighted by Gasteiger charge is 2.43.